The van der Waals surface area contributed by atoms with E-state index in [2.05, 4.69) is 0 Å². The monoisotopic (exact) mass is 458 g/mol. The molecule has 1 amide bonds. The molecule has 1 heterocycles. The minimum absolute atomic E-state index is 0.0765. The van der Waals surface area contributed by atoms with Gasteiger partial charge in [-0.1, -0.05) is 36.1 Å². The van der Waals surface area contributed by atoms with E-state index in [-0.39, 0.29) is 11.6 Å². The molecule has 0 spiro atoms. The lowest BCUT2D eigenvalue weighted by molar-refractivity contribution is -0.384. The largest absolute Gasteiger partial charge is 0.493 e. The van der Waals surface area contributed by atoms with Crippen LogP contribution in [0.1, 0.15) is 24.5 Å². The standard InChI is InChI=1S/C22H22N2O5S2/c1-3-23-21(25)20(31-22(23)30)14-16-13-17(24(26)27)8-9-19(16)29-11-5-10-28-18-7-4-6-15(2)12-18/h4,6-9,12-14H,3,5,10-11H2,1-2H3/b20-14-. The topological polar surface area (TPSA) is 81.9 Å². The van der Waals surface area contributed by atoms with Crippen LogP contribution in [0.4, 0.5) is 5.69 Å². The fourth-order valence-corrected chi connectivity index (χ4v) is 4.32. The van der Waals surface area contributed by atoms with E-state index in [9.17, 15) is 14.9 Å². The highest BCUT2D eigenvalue weighted by atomic mass is 32.2. The predicted molar refractivity (Wildman–Crippen MR) is 125 cm³/mol. The van der Waals surface area contributed by atoms with E-state index in [1.165, 1.54) is 28.8 Å². The maximum absolute atomic E-state index is 12.5. The number of hydrogen-bond donors (Lipinski definition) is 0. The number of benzene rings is 2. The van der Waals surface area contributed by atoms with Gasteiger partial charge in [0.2, 0.25) is 0 Å². The van der Waals surface area contributed by atoms with Crippen LogP contribution in [0.25, 0.3) is 6.08 Å². The van der Waals surface area contributed by atoms with E-state index in [1.807, 2.05) is 38.1 Å². The quantitative estimate of drug-likeness (QED) is 0.172. The number of nitrogens with zero attached hydrogens (tertiary/aromatic N) is 2. The normalized spacial score (nSPS) is 14.9. The number of amides is 1. The first-order valence-corrected chi connectivity index (χ1v) is 11.0. The number of carbonyl (C=O) groups excluding carboxylic acids is 1. The highest BCUT2D eigenvalue weighted by molar-refractivity contribution is 8.26. The number of thiocarbonyl (C=S) groups is 1. The zero-order valence-electron chi connectivity index (χ0n) is 17.2. The van der Waals surface area contributed by atoms with Gasteiger partial charge in [0, 0.05) is 30.7 Å². The van der Waals surface area contributed by atoms with Crippen LogP contribution >= 0.6 is 24.0 Å². The van der Waals surface area contributed by atoms with E-state index >= 15 is 0 Å². The molecule has 0 aliphatic carbocycles. The van der Waals surface area contributed by atoms with E-state index < -0.39 is 4.92 Å². The summed E-state index contributed by atoms with van der Waals surface area (Å²) in [4.78, 5) is 25.1. The highest BCUT2D eigenvalue weighted by Gasteiger charge is 2.31. The van der Waals surface area contributed by atoms with Crippen molar-refractivity contribution in [2.24, 2.45) is 0 Å². The number of carbonyl (C=O) groups is 1. The van der Waals surface area contributed by atoms with Crippen molar-refractivity contribution in [2.45, 2.75) is 20.3 Å². The van der Waals surface area contributed by atoms with Gasteiger partial charge in [0.1, 0.15) is 15.8 Å². The average Bonchev–Trinajstić information content (AvgIpc) is 3.00. The fourth-order valence-electron chi connectivity index (χ4n) is 2.94. The molecular weight excluding hydrogens is 436 g/mol. The minimum atomic E-state index is -0.478. The molecule has 0 N–H and O–H groups in total. The van der Waals surface area contributed by atoms with Crippen molar-refractivity contribution in [3.63, 3.8) is 0 Å². The Kier molecular flexibility index (Phi) is 7.64. The summed E-state index contributed by atoms with van der Waals surface area (Å²) in [6.45, 7) is 5.15. The predicted octanol–water partition coefficient (Wildman–Crippen LogP) is 4.97. The summed E-state index contributed by atoms with van der Waals surface area (Å²) in [5.41, 5.74) is 1.51. The summed E-state index contributed by atoms with van der Waals surface area (Å²) in [5, 5.41) is 11.2. The van der Waals surface area contributed by atoms with Gasteiger partial charge in [-0.15, -0.1) is 0 Å². The molecule has 0 bridgehead atoms. The maximum atomic E-state index is 12.5. The molecule has 0 aromatic heterocycles. The molecule has 2 aromatic carbocycles. The van der Waals surface area contributed by atoms with Gasteiger partial charge in [-0.2, -0.15) is 0 Å². The second kappa shape index (κ2) is 10.4. The number of rotatable bonds is 9. The second-order valence-corrected chi connectivity index (χ2v) is 8.45. The average molecular weight is 459 g/mol. The Morgan fingerprint density at radius 3 is 2.65 bits per heavy atom. The van der Waals surface area contributed by atoms with Gasteiger partial charge in [0.15, 0.2) is 0 Å². The third-order valence-electron chi connectivity index (χ3n) is 4.49. The number of hydrogen-bond acceptors (Lipinski definition) is 7. The van der Waals surface area contributed by atoms with Crippen LogP contribution in [0.15, 0.2) is 47.4 Å². The van der Waals surface area contributed by atoms with Crippen molar-refractivity contribution in [3.8, 4) is 11.5 Å². The van der Waals surface area contributed by atoms with Gasteiger partial charge < -0.3 is 9.47 Å². The molecule has 7 nitrogen and oxygen atoms in total. The Morgan fingerprint density at radius 2 is 1.97 bits per heavy atom. The van der Waals surface area contributed by atoms with Crippen LogP contribution in [-0.2, 0) is 4.79 Å². The van der Waals surface area contributed by atoms with Crippen LogP contribution in [0.2, 0.25) is 0 Å². The van der Waals surface area contributed by atoms with Crippen molar-refractivity contribution in [1.29, 1.82) is 0 Å². The molecule has 2 aromatic rings. The summed E-state index contributed by atoms with van der Waals surface area (Å²) in [6.07, 6.45) is 2.23. The summed E-state index contributed by atoms with van der Waals surface area (Å²) in [6, 6.07) is 12.1. The van der Waals surface area contributed by atoms with Gasteiger partial charge in [0.25, 0.3) is 11.6 Å². The Bertz CT molecular complexity index is 1040. The number of non-ortho nitro benzene ring substituents is 1. The number of ether oxygens (including phenoxy) is 2. The number of aryl methyl sites for hydroxylation is 1. The Labute approximate surface area is 190 Å². The lowest BCUT2D eigenvalue weighted by Gasteiger charge is -2.11. The zero-order chi connectivity index (χ0) is 22.4. The molecule has 3 rings (SSSR count). The van der Waals surface area contributed by atoms with Crippen molar-refractivity contribution in [1.82, 2.24) is 4.90 Å². The van der Waals surface area contributed by atoms with Gasteiger partial charge >= 0.3 is 0 Å². The first kappa shape index (κ1) is 22.8. The first-order valence-electron chi connectivity index (χ1n) is 9.75. The van der Waals surface area contributed by atoms with E-state index in [1.54, 1.807) is 12.1 Å². The lowest BCUT2D eigenvalue weighted by Crippen LogP contribution is -2.27. The Morgan fingerprint density at radius 1 is 1.19 bits per heavy atom. The molecule has 0 radical (unpaired) electrons. The molecule has 1 aliphatic heterocycles. The number of likely N-dealkylation sites (N-methyl/N-ethyl adjacent to an activating group) is 1. The smallest absolute Gasteiger partial charge is 0.270 e. The molecule has 0 unspecified atom stereocenters. The van der Waals surface area contributed by atoms with E-state index in [4.69, 9.17) is 21.7 Å². The summed E-state index contributed by atoms with van der Waals surface area (Å²) in [7, 11) is 0. The fraction of sp³-hybridized carbons (Fsp3) is 0.273. The van der Waals surface area contributed by atoms with Gasteiger partial charge in [0.05, 0.1) is 23.0 Å². The lowest BCUT2D eigenvalue weighted by atomic mass is 10.1. The van der Waals surface area contributed by atoms with Crippen LogP contribution in [0.3, 0.4) is 0 Å². The third kappa shape index (κ3) is 5.83. The maximum Gasteiger partial charge on any atom is 0.270 e. The van der Waals surface area contributed by atoms with Gasteiger partial charge in [-0.05, 0) is 43.7 Å². The molecule has 1 fully saturated rings. The summed E-state index contributed by atoms with van der Waals surface area (Å²) in [5.74, 6) is 1.05. The minimum Gasteiger partial charge on any atom is -0.493 e. The number of thioether (sulfide) groups is 1. The molecule has 162 valence electrons. The second-order valence-electron chi connectivity index (χ2n) is 6.77. The molecule has 31 heavy (non-hydrogen) atoms. The highest BCUT2D eigenvalue weighted by Crippen LogP contribution is 2.35. The molecule has 0 atom stereocenters. The van der Waals surface area contributed by atoms with Crippen LogP contribution in [-0.4, -0.2) is 39.8 Å². The summed E-state index contributed by atoms with van der Waals surface area (Å²) >= 11 is 6.41. The zero-order valence-corrected chi connectivity index (χ0v) is 18.8. The molecular formula is C22H22N2O5S2. The molecule has 0 saturated carbocycles. The van der Waals surface area contributed by atoms with Crippen LogP contribution in [0.5, 0.6) is 11.5 Å². The Hall–Kier alpha value is -2.91. The SMILES string of the molecule is CCN1C(=O)/C(=C/c2cc([N+](=O)[O-])ccc2OCCCOc2cccc(C)c2)SC1=S. The first-order chi connectivity index (χ1) is 14.9. The van der Waals surface area contributed by atoms with Crippen LogP contribution < -0.4 is 9.47 Å². The third-order valence-corrected chi connectivity index (χ3v) is 5.86. The number of nitro groups is 1. The van der Waals surface area contributed by atoms with E-state index in [0.29, 0.717) is 46.7 Å². The van der Waals surface area contributed by atoms with Crippen molar-refractivity contribution in [3.05, 3.63) is 68.6 Å². The summed E-state index contributed by atoms with van der Waals surface area (Å²) < 4.78 is 12.0. The van der Waals surface area contributed by atoms with Crippen molar-refractivity contribution in [2.75, 3.05) is 19.8 Å². The molecule has 9 heteroatoms. The molecule has 1 aliphatic rings. The van der Waals surface area contributed by atoms with Crippen molar-refractivity contribution < 1.29 is 19.2 Å². The van der Waals surface area contributed by atoms with Crippen LogP contribution in [0, 0.1) is 17.0 Å². The van der Waals surface area contributed by atoms with Gasteiger partial charge in [-0.3, -0.25) is 19.8 Å². The Balaban J connectivity index is 1.68. The molecule has 1 saturated heterocycles. The van der Waals surface area contributed by atoms with Crippen molar-refractivity contribution >= 4 is 46.0 Å². The number of nitro benzene ring substituents is 1. The van der Waals surface area contributed by atoms with Gasteiger partial charge in [-0.25, -0.2) is 0 Å². The van der Waals surface area contributed by atoms with E-state index in [0.717, 1.165) is 11.3 Å².